The van der Waals surface area contributed by atoms with Crippen molar-refractivity contribution in [1.29, 1.82) is 0 Å². The largest absolute Gasteiger partial charge is 0.378 e. The maximum absolute atomic E-state index is 5.29. The third-order valence-corrected chi connectivity index (χ3v) is 4.35. The molecular weight excluding hydrogens is 299 g/mol. The van der Waals surface area contributed by atoms with Crippen LogP contribution in [0.1, 0.15) is 4.88 Å². The van der Waals surface area contributed by atoms with Gasteiger partial charge in [-0.3, -0.25) is 0 Å². The Kier molecular flexibility index (Phi) is 3.39. The molecule has 0 bridgehead atoms. The SMILES string of the molecule is ICc1cnc(N2CCOCC2)s1. The summed E-state index contributed by atoms with van der Waals surface area (Å²) in [6.07, 6.45) is 1.97. The van der Waals surface area contributed by atoms with E-state index < -0.39 is 0 Å². The number of alkyl halides is 1. The predicted molar refractivity (Wildman–Crippen MR) is 62.9 cm³/mol. The minimum Gasteiger partial charge on any atom is -0.378 e. The molecular formula is C8H11IN2OS. The number of morpholine rings is 1. The molecule has 0 unspecified atom stereocenters. The zero-order valence-corrected chi connectivity index (χ0v) is 10.2. The lowest BCUT2D eigenvalue weighted by Crippen LogP contribution is -2.36. The molecule has 1 aliphatic rings. The molecule has 0 radical (unpaired) electrons. The zero-order chi connectivity index (χ0) is 9.10. The highest BCUT2D eigenvalue weighted by atomic mass is 127. The van der Waals surface area contributed by atoms with Crippen molar-refractivity contribution in [1.82, 2.24) is 4.98 Å². The van der Waals surface area contributed by atoms with Gasteiger partial charge in [0.15, 0.2) is 5.13 Å². The number of anilines is 1. The van der Waals surface area contributed by atoms with Gasteiger partial charge in [0.1, 0.15) is 0 Å². The van der Waals surface area contributed by atoms with Gasteiger partial charge in [0, 0.05) is 28.6 Å². The van der Waals surface area contributed by atoms with E-state index in [4.69, 9.17) is 4.74 Å². The van der Waals surface area contributed by atoms with Crippen LogP contribution < -0.4 is 4.90 Å². The third kappa shape index (κ3) is 2.32. The maximum Gasteiger partial charge on any atom is 0.185 e. The number of aromatic nitrogens is 1. The second kappa shape index (κ2) is 4.56. The number of ether oxygens (including phenoxy) is 1. The second-order valence-electron chi connectivity index (χ2n) is 2.84. The predicted octanol–water partition coefficient (Wildman–Crippen LogP) is 1.91. The van der Waals surface area contributed by atoms with Crippen LogP contribution in [0, 0.1) is 0 Å². The van der Waals surface area contributed by atoms with Crippen molar-refractivity contribution in [2.24, 2.45) is 0 Å². The van der Waals surface area contributed by atoms with Crippen LogP contribution in [0.15, 0.2) is 6.20 Å². The van der Waals surface area contributed by atoms with E-state index in [1.165, 1.54) is 4.88 Å². The van der Waals surface area contributed by atoms with Gasteiger partial charge in [-0.2, -0.15) is 0 Å². The van der Waals surface area contributed by atoms with Gasteiger partial charge < -0.3 is 9.64 Å². The van der Waals surface area contributed by atoms with E-state index in [0.29, 0.717) is 0 Å². The van der Waals surface area contributed by atoms with Gasteiger partial charge in [-0.05, 0) is 0 Å². The quantitative estimate of drug-likeness (QED) is 0.616. The van der Waals surface area contributed by atoms with Crippen LogP contribution in [-0.2, 0) is 9.16 Å². The third-order valence-electron chi connectivity index (χ3n) is 1.95. The van der Waals surface area contributed by atoms with Crippen molar-refractivity contribution >= 4 is 39.1 Å². The molecule has 2 rings (SSSR count). The Morgan fingerprint density at radius 1 is 1.54 bits per heavy atom. The fourth-order valence-corrected chi connectivity index (χ4v) is 2.74. The summed E-state index contributed by atoms with van der Waals surface area (Å²) >= 11 is 4.16. The van der Waals surface area contributed by atoms with Crippen molar-refractivity contribution in [3.05, 3.63) is 11.1 Å². The molecule has 0 aliphatic carbocycles. The number of nitrogens with zero attached hydrogens (tertiary/aromatic N) is 2. The molecule has 1 aliphatic heterocycles. The minimum absolute atomic E-state index is 0.832. The van der Waals surface area contributed by atoms with Gasteiger partial charge >= 0.3 is 0 Å². The van der Waals surface area contributed by atoms with Crippen LogP contribution in [-0.4, -0.2) is 31.3 Å². The first-order chi connectivity index (χ1) is 6.40. The summed E-state index contributed by atoms with van der Waals surface area (Å²) in [6.45, 7) is 3.63. The summed E-state index contributed by atoms with van der Waals surface area (Å²) in [5.41, 5.74) is 0. The molecule has 0 atom stereocenters. The summed E-state index contributed by atoms with van der Waals surface area (Å²) in [7, 11) is 0. The van der Waals surface area contributed by atoms with Crippen LogP contribution in [0.4, 0.5) is 5.13 Å². The van der Waals surface area contributed by atoms with Crippen molar-refractivity contribution in [3.63, 3.8) is 0 Å². The molecule has 0 saturated carbocycles. The Labute approximate surface area is 95.2 Å². The first-order valence-corrected chi connectivity index (χ1v) is 6.58. The van der Waals surface area contributed by atoms with Gasteiger partial charge in [-0.15, -0.1) is 11.3 Å². The highest BCUT2D eigenvalue weighted by molar-refractivity contribution is 14.1. The summed E-state index contributed by atoms with van der Waals surface area (Å²) < 4.78 is 6.34. The Morgan fingerprint density at radius 2 is 2.31 bits per heavy atom. The van der Waals surface area contributed by atoms with Crippen molar-refractivity contribution in [2.45, 2.75) is 4.43 Å². The Hall–Kier alpha value is 0.120. The molecule has 3 nitrogen and oxygen atoms in total. The molecule has 13 heavy (non-hydrogen) atoms. The normalized spacial score (nSPS) is 17.8. The summed E-state index contributed by atoms with van der Waals surface area (Å²) in [5, 5.41) is 1.15. The van der Waals surface area contributed by atoms with Crippen molar-refractivity contribution in [2.75, 3.05) is 31.2 Å². The number of halogens is 1. The highest BCUT2D eigenvalue weighted by Gasteiger charge is 2.13. The fraction of sp³-hybridized carbons (Fsp3) is 0.625. The van der Waals surface area contributed by atoms with Crippen LogP contribution in [0.5, 0.6) is 0 Å². The average Bonchev–Trinajstić information content (AvgIpc) is 2.67. The second-order valence-corrected chi connectivity index (χ2v) is 4.70. The van der Waals surface area contributed by atoms with Crippen LogP contribution >= 0.6 is 33.9 Å². The minimum atomic E-state index is 0.832. The van der Waals surface area contributed by atoms with E-state index >= 15 is 0 Å². The smallest absolute Gasteiger partial charge is 0.185 e. The number of thiazole rings is 1. The van der Waals surface area contributed by atoms with Crippen molar-refractivity contribution in [3.8, 4) is 0 Å². The van der Waals surface area contributed by atoms with E-state index in [1.54, 1.807) is 11.3 Å². The van der Waals surface area contributed by atoms with Gasteiger partial charge in [0.2, 0.25) is 0 Å². The fourth-order valence-electron chi connectivity index (χ4n) is 1.26. The lowest BCUT2D eigenvalue weighted by Gasteiger charge is -2.25. The summed E-state index contributed by atoms with van der Waals surface area (Å²) in [4.78, 5) is 8.04. The topological polar surface area (TPSA) is 25.4 Å². The molecule has 1 aromatic rings. The molecule has 72 valence electrons. The molecule has 0 aromatic carbocycles. The van der Waals surface area contributed by atoms with Crippen LogP contribution in [0.3, 0.4) is 0 Å². The molecule has 1 fully saturated rings. The van der Waals surface area contributed by atoms with Gasteiger partial charge in [-0.25, -0.2) is 4.98 Å². The zero-order valence-electron chi connectivity index (χ0n) is 7.20. The first-order valence-electron chi connectivity index (χ1n) is 4.23. The van der Waals surface area contributed by atoms with Gasteiger partial charge in [0.25, 0.3) is 0 Å². The van der Waals surface area contributed by atoms with E-state index in [-0.39, 0.29) is 0 Å². The standard InChI is InChI=1S/C8H11IN2OS/c9-5-7-6-10-8(13-7)11-1-3-12-4-2-11/h6H,1-5H2. The van der Waals surface area contributed by atoms with Gasteiger partial charge in [0.05, 0.1) is 13.2 Å². The molecule has 0 spiro atoms. The van der Waals surface area contributed by atoms with Crippen molar-refractivity contribution < 1.29 is 4.74 Å². The lowest BCUT2D eigenvalue weighted by molar-refractivity contribution is 0.122. The summed E-state index contributed by atoms with van der Waals surface area (Å²) in [5.74, 6) is 0. The number of hydrogen-bond acceptors (Lipinski definition) is 4. The van der Waals surface area contributed by atoms with Crippen LogP contribution in [0.2, 0.25) is 0 Å². The Bertz CT molecular complexity index is 273. The molecule has 0 amide bonds. The molecule has 1 aromatic heterocycles. The summed E-state index contributed by atoms with van der Waals surface area (Å²) in [6, 6.07) is 0. The molecule has 2 heterocycles. The van der Waals surface area contributed by atoms with Gasteiger partial charge in [-0.1, -0.05) is 22.6 Å². The Morgan fingerprint density at radius 3 is 2.92 bits per heavy atom. The number of hydrogen-bond donors (Lipinski definition) is 0. The highest BCUT2D eigenvalue weighted by Crippen LogP contribution is 2.24. The molecule has 0 N–H and O–H groups in total. The van der Waals surface area contributed by atoms with E-state index in [0.717, 1.165) is 35.9 Å². The maximum atomic E-state index is 5.29. The van der Waals surface area contributed by atoms with E-state index in [2.05, 4.69) is 32.5 Å². The van der Waals surface area contributed by atoms with E-state index in [9.17, 15) is 0 Å². The lowest BCUT2D eigenvalue weighted by atomic mass is 10.5. The van der Waals surface area contributed by atoms with E-state index in [1.807, 2.05) is 6.20 Å². The first kappa shape index (κ1) is 9.67. The number of rotatable bonds is 2. The monoisotopic (exact) mass is 310 g/mol. The average molecular weight is 310 g/mol. The molecule has 1 saturated heterocycles. The molecule has 5 heteroatoms. The Balaban J connectivity index is 2.05. The van der Waals surface area contributed by atoms with Crippen LogP contribution in [0.25, 0.3) is 0 Å².